The molecule has 0 fully saturated rings. The molecule has 124 valence electrons. The molecule has 4 nitrogen and oxygen atoms in total. The van der Waals surface area contributed by atoms with Crippen molar-refractivity contribution in [3.05, 3.63) is 58.6 Å². The molecule has 0 spiro atoms. The van der Waals surface area contributed by atoms with Crippen LogP contribution < -0.4 is 0 Å². The monoisotopic (exact) mass is 376 g/mol. The standard InChI is InChI=1S/C16H15Cl3O4/c1-2-8-21-16-13(19)7-6-10(23-16)9-22-15(20)14-11(17)4-3-5-12(14)18/h2-7,10,13,16H,1,8-9H2/t10-,13-,16-/m0/s1. The predicted octanol–water partition coefficient (Wildman–Crippen LogP) is 4.24. The van der Waals surface area contributed by atoms with Gasteiger partial charge in [0, 0.05) is 0 Å². The fourth-order valence-electron chi connectivity index (χ4n) is 1.93. The summed E-state index contributed by atoms with van der Waals surface area (Å²) in [5, 5.41) is 0.0474. The summed E-state index contributed by atoms with van der Waals surface area (Å²) in [5.41, 5.74) is 0.130. The molecule has 3 atom stereocenters. The van der Waals surface area contributed by atoms with Gasteiger partial charge in [-0.3, -0.25) is 0 Å². The second kappa shape index (κ2) is 8.71. The average molecular weight is 378 g/mol. The number of alkyl halides is 1. The lowest BCUT2D eigenvalue weighted by molar-refractivity contribution is -0.162. The van der Waals surface area contributed by atoms with E-state index in [0.717, 1.165) is 0 Å². The first-order valence-corrected chi connectivity index (χ1v) is 8.03. The van der Waals surface area contributed by atoms with Gasteiger partial charge in [0.1, 0.15) is 18.1 Å². The van der Waals surface area contributed by atoms with E-state index < -0.39 is 23.7 Å². The summed E-state index contributed by atoms with van der Waals surface area (Å²) in [5.74, 6) is -0.617. The van der Waals surface area contributed by atoms with E-state index in [2.05, 4.69) is 6.58 Å². The van der Waals surface area contributed by atoms with Gasteiger partial charge >= 0.3 is 5.97 Å². The Hall–Kier alpha value is -1.04. The van der Waals surface area contributed by atoms with Crippen molar-refractivity contribution in [1.82, 2.24) is 0 Å². The SMILES string of the molecule is C=CCO[C@H]1O[C@H](COC(=O)c2c(Cl)cccc2Cl)C=C[C@@H]1Cl. The molecule has 0 radical (unpaired) electrons. The Morgan fingerprint density at radius 1 is 1.30 bits per heavy atom. The Bertz CT molecular complexity index is 583. The molecule has 0 aromatic heterocycles. The van der Waals surface area contributed by atoms with Crippen LogP contribution in [0.15, 0.2) is 43.0 Å². The van der Waals surface area contributed by atoms with Crippen LogP contribution in [0.3, 0.4) is 0 Å². The Balaban J connectivity index is 1.94. The number of hydrogen-bond donors (Lipinski definition) is 0. The average Bonchev–Trinajstić information content (AvgIpc) is 2.52. The summed E-state index contributed by atoms with van der Waals surface area (Å²) in [7, 11) is 0. The fourth-order valence-corrected chi connectivity index (χ4v) is 2.69. The first-order valence-electron chi connectivity index (χ1n) is 6.84. The van der Waals surface area contributed by atoms with E-state index >= 15 is 0 Å². The quantitative estimate of drug-likeness (QED) is 0.422. The molecule has 0 saturated carbocycles. The summed E-state index contributed by atoms with van der Waals surface area (Å²) in [4.78, 5) is 12.1. The zero-order valence-corrected chi connectivity index (χ0v) is 14.4. The van der Waals surface area contributed by atoms with Crippen molar-refractivity contribution < 1.29 is 19.0 Å². The van der Waals surface area contributed by atoms with Gasteiger partial charge < -0.3 is 14.2 Å². The minimum Gasteiger partial charge on any atom is -0.459 e. The summed E-state index contributed by atoms with van der Waals surface area (Å²) in [6.45, 7) is 3.87. The maximum Gasteiger partial charge on any atom is 0.341 e. The highest BCUT2D eigenvalue weighted by atomic mass is 35.5. The molecule has 2 rings (SSSR count). The Kier molecular flexibility index (Phi) is 6.93. The lowest BCUT2D eigenvalue weighted by Gasteiger charge is -2.28. The number of carbonyl (C=O) groups excluding carboxylic acids is 1. The van der Waals surface area contributed by atoms with E-state index in [1.165, 1.54) is 0 Å². The van der Waals surface area contributed by atoms with E-state index in [1.807, 2.05) is 0 Å². The highest BCUT2D eigenvalue weighted by Gasteiger charge is 2.27. The van der Waals surface area contributed by atoms with Gasteiger partial charge in [0.2, 0.25) is 0 Å². The van der Waals surface area contributed by atoms with Crippen LogP contribution in [-0.2, 0) is 14.2 Å². The summed E-state index contributed by atoms with van der Waals surface area (Å²) >= 11 is 18.0. The molecular weight excluding hydrogens is 363 g/mol. The lowest BCUT2D eigenvalue weighted by Crippen LogP contribution is -2.37. The number of benzene rings is 1. The summed E-state index contributed by atoms with van der Waals surface area (Å²) < 4.78 is 16.2. The van der Waals surface area contributed by atoms with Crippen molar-refractivity contribution in [2.75, 3.05) is 13.2 Å². The Labute approximate surface area is 149 Å². The normalized spacial score (nSPS) is 23.5. The van der Waals surface area contributed by atoms with Crippen LogP contribution >= 0.6 is 34.8 Å². The van der Waals surface area contributed by atoms with E-state index in [1.54, 1.807) is 36.4 Å². The van der Waals surface area contributed by atoms with Crippen LogP contribution in [0.1, 0.15) is 10.4 Å². The minimum absolute atomic E-state index is 0.00551. The van der Waals surface area contributed by atoms with Gasteiger partial charge in [-0.25, -0.2) is 4.79 Å². The number of hydrogen-bond acceptors (Lipinski definition) is 4. The topological polar surface area (TPSA) is 44.8 Å². The highest BCUT2D eigenvalue weighted by molar-refractivity contribution is 6.39. The maximum atomic E-state index is 12.1. The molecule has 0 aliphatic carbocycles. The molecule has 1 aliphatic heterocycles. The van der Waals surface area contributed by atoms with Crippen LogP contribution in [0.25, 0.3) is 0 Å². The van der Waals surface area contributed by atoms with Crippen molar-refractivity contribution in [3.8, 4) is 0 Å². The number of esters is 1. The van der Waals surface area contributed by atoms with E-state index in [0.29, 0.717) is 6.61 Å². The second-order valence-corrected chi connectivity index (χ2v) is 6.01. The van der Waals surface area contributed by atoms with Gasteiger partial charge in [0.05, 0.1) is 22.2 Å². The van der Waals surface area contributed by atoms with Gasteiger partial charge in [0.25, 0.3) is 0 Å². The van der Waals surface area contributed by atoms with E-state index in [4.69, 9.17) is 49.0 Å². The second-order valence-electron chi connectivity index (χ2n) is 4.69. The van der Waals surface area contributed by atoms with E-state index in [-0.39, 0.29) is 22.2 Å². The third-order valence-electron chi connectivity index (χ3n) is 3.00. The van der Waals surface area contributed by atoms with Gasteiger partial charge in [-0.15, -0.1) is 18.2 Å². The van der Waals surface area contributed by atoms with Gasteiger partial charge in [-0.05, 0) is 12.1 Å². The third-order valence-corrected chi connectivity index (χ3v) is 3.98. The molecule has 0 amide bonds. The first-order chi connectivity index (χ1) is 11.0. The largest absolute Gasteiger partial charge is 0.459 e. The predicted molar refractivity (Wildman–Crippen MR) is 90.3 cm³/mol. The van der Waals surface area contributed by atoms with Crippen molar-refractivity contribution in [3.63, 3.8) is 0 Å². The molecule has 23 heavy (non-hydrogen) atoms. The molecule has 0 unspecified atom stereocenters. The number of halogens is 3. The molecule has 1 heterocycles. The number of rotatable bonds is 6. The van der Waals surface area contributed by atoms with E-state index in [9.17, 15) is 4.79 Å². The van der Waals surface area contributed by atoms with Crippen LogP contribution in [0.4, 0.5) is 0 Å². The Morgan fingerprint density at radius 3 is 2.65 bits per heavy atom. The van der Waals surface area contributed by atoms with Crippen molar-refractivity contribution in [2.24, 2.45) is 0 Å². The molecule has 0 N–H and O–H groups in total. The van der Waals surface area contributed by atoms with Crippen molar-refractivity contribution in [2.45, 2.75) is 17.8 Å². The molecule has 1 aromatic carbocycles. The highest BCUT2D eigenvalue weighted by Crippen LogP contribution is 2.25. The van der Waals surface area contributed by atoms with Crippen LogP contribution in [-0.4, -0.2) is 37.0 Å². The summed E-state index contributed by atoms with van der Waals surface area (Å²) in [6.07, 6.45) is 3.95. The molecule has 0 saturated heterocycles. The van der Waals surface area contributed by atoms with Gasteiger partial charge in [-0.1, -0.05) is 47.5 Å². The molecule has 1 aliphatic rings. The zero-order chi connectivity index (χ0) is 16.8. The summed E-state index contributed by atoms with van der Waals surface area (Å²) in [6, 6.07) is 4.78. The minimum atomic E-state index is -0.632. The molecular formula is C16H15Cl3O4. The molecule has 7 heteroatoms. The van der Waals surface area contributed by atoms with Gasteiger partial charge in [0.15, 0.2) is 6.29 Å². The van der Waals surface area contributed by atoms with Crippen molar-refractivity contribution in [1.29, 1.82) is 0 Å². The fraction of sp³-hybridized carbons (Fsp3) is 0.312. The third kappa shape index (κ3) is 4.96. The zero-order valence-electron chi connectivity index (χ0n) is 12.1. The smallest absolute Gasteiger partial charge is 0.341 e. The molecule has 1 aromatic rings. The molecule has 0 bridgehead atoms. The van der Waals surface area contributed by atoms with Crippen LogP contribution in [0.2, 0.25) is 10.0 Å². The first kappa shape index (κ1) is 18.3. The van der Waals surface area contributed by atoms with Crippen molar-refractivity contribution >= 4 is 40.8 Å². The van der Waals surface area contributed by atoms with Gasteiger partial charge in [-0.2, -0.15) is 0 Å². The lowest BCUT2D eigenvalue weighted by atomic mass is 10.2. The van der Waals surface area contributed by atoms with Crippen LogP contribution in [0.5, 0.6) is 0 Å². The Morgan fingerprint density at radius 2 is 2.00 bits per heavy atom. The number of carbonyl (C=O) groups is 1. The maximum absolute atomic E-state index is 12.1. The van der Waals surface area contributed by atoms with Crippen LogP contribution in [0, 0.1) is 0 Å². The number of ether oxygens (including phenoxy) is 3.